The lowest BCUT2D eigenvalue weighted by Crippen LogP contribution is -2.25. The van der Waals surface area contributed by atoms with E-state index in [-0.39, 0.29) is 17.5 Å². The molecule has 0 saturated carbocycles. The SMILES string of the molecule is CCC(=O)CSCC(=O)OC(C)(C)C. The summed E-state index contributed by atoms with van der Waals surface area (Å²) in [6.45, 7) is 7.29. The average molecular weight is 218 g/mol. The lowest BCUT2D eigenvalue weighted by Gasteiger charge is -2.19. The van der Waals surface area contributed by atoms with Crippen molar-refractivity contribution in [2.24, 2.45) is 0 Å². The fourth-order valence-electron chi connectivity index (χ4n) is 0.721. The summed E-state index contributed by atoms with van der Waals surface area (Å²) < 4.78 is 5.08. The summed E-state index contributed by atoms with van der Waals surface area (Å²) in [4.78, 5) is 22.1. The molecular formula is C10H18O3S. The third kappa shape index (κ3) is 8.10. The molecule has 0 saturated heterocycles. The summed E-state index contributed by atoms with van der Waals surface area (Å²) in [5, 5.41) is 0. The molecule has 0 aromatic rings. The zero-order chi connectivity index (χ0) is 11.2. The van der Waals surface area contributed by atoms with Crippen molar-refractivity contribution in [2.45, 2.75) is 39.7 Å². The van der Waals surface area contributed by atoms with Crippen LogP contribution in [0, 0.1) is 0 Å². The molecule has 0 heterocycles. The van der Waals surface area contributed by atoms with Crippen LogP contribution in [0.4, 0.5) is 0 Å². The maximum absolute atomic E-state index is 11.2. The monoisotopic (exact) mass is 218 g/mol. The van der Waals surface area contributed by atoms with E-state index in [1.807, 2.05) is 27.7 Å². The molecule has 0 N–H and O–H groups in total. The Bertz CT molecular complexity index is 206. The van der Waals surface area contributed by atoms with Crippen molar-refractivity contribution < 1.29 is 14.3 Å². The Morgan fingerprint density at radius 2 is 1.79 bits per heavy atom. The topological polar surface area (TPSA) is 43.4 Å². The number of carbonyl (C=O) groups excluding carboxylic acids is 2. The van der Waals surface area contributed by atoms with Gasteiger partial charge in [0, 0.05) is 6.42 Å². The smallest absolute Gasteiger partial charge is 0.316 e. The van der Waals surface area contributed by atoms with Gasteiger partial charge < -0.3 is 4.74 Å². The van der Waals surface area contributed by atoms with Gasteiger partial charge in [0.2, 0.25) is 0 Å². The van der Waals surface area contributed by atoms with Gasteiger partial charge in [-0.1, -0.05) is 6.92 Å². The molecule has 0 aromatic heterocycles. The number of ether oxygens (including phenoxy) is 1. The van der Waals surface area contributed by atoms with E-state index in [9.17, 15) is 9.59 Å². The lowest BCUT2D eigenvalue weighted by atomic mass is 10.2. The fourth-order valence-corrected chi connectivity index (χ4v) is 1.48. The minimum absolute atomic E-state index is 0.165. The lowest BCUT2D eigenvalue weighted by molar-refractivity contribution is -0.151. The highest BCUT2D eigenvalue weighted by atomic mass is 32.2. The Morgan fingerprint density at radius 1 is 1.21 bits per heavy atom. The Hall–Kier alpha value is -0.510. The number of thioether (sulfide) groups is 1. The van der Waals surface area contributed by atoms with Gasteiger partial charge in [-0.05, 0) is 20.8 Å². The summed E-state index contributed by atoms with van der Waals surface area (Å²) in [7, 11) is 0. The van der Waals surface area contributed by atoms with Crippen molar-refractivity contribution in [3.63, 3.8) is 0 Å². The second kappa shape index (κ2) is 6.06. The predicted molar refractivity (Wildman–Crippen MR) is 58.5 cm³/mol. The van der Waals surface area contributed by atoms with Crippen LogP contribution in [0.1, 0.15) is 34.1 Å². The van der Waals surface area contributed by atoms with E-state index in [1.165, 1.54) is 11.8 Å². The van der Waals surface area contributed by atoms with E-state index in [4.69, 9.17) is 4.74 Å². The normalized spacial score (nSPS) is 11.1. The molecule has 0 bridgehead atoms. The van der Waals surface area contributed by atoms with Gasteiger partial charge in [0.1, 0.15) is 11.4 Å². The molecule has 0 aliphatic rings. The molecule has 0 aliphatic carbocycles. The number of esters is 1. The Kier molecular flexibility index (Phi) is 5.84. The van der Waals surface area contributed by atoms with E-state index in [0.717, 1.165) is 0 Å². The second-order valence-corrected chi connectivity index (χ2v) is 4.96. The van der Waals surface area contributed by atoms with Crippen LogP contribution in [0.2, 0.25) is 0 Å². The highest BCUT2D eigenvalue weighted by molar-refractivity contribution is 8.00. The number of ketones is 1. The van der Waals surface area contributed by atoms with E-state index in [1.54, 1.807) is 0 Å². The van der Waals surface area contributed by atoms with Gasteiger partial charge in [0.25, 0.3) is 0 Å². The first-order valence-electron chi connectivity index (χ1n) is 4.66. The molecule has 0 atom stereocenters. The zero-order valence-electron chi connectivity index (χ0n) is 9.25. The second-order valence-electron chi connectivity index (χ2n) is 3.97. The van der Waals surface area contributed by atoms with Crippen molar-refractivity contribution in [1.29, 1.82) is 0 Å². The highest BCUT2D eigenvalue weighted by Crippen LogP contribution is 2.10. The molecule has 0 amide bonds. The Labute approximate surface area is 89.6 Å². The van der Waals surface area contributed by atoms with Crippen LogP contribution in [-0.4, -0.2) is 28.9 Å². The van der Waals surface area contributed by atoms with Crippen LogP contribution < -0.4 is 0 Å². The third-order valence-corrected chi connectivity index (χ3v) is 2.26. The van der Waals surface area contributed by atoms with Gasteiger partial charge in [-0.2, -0.15) is 0 Å². The minimum Gasteiger partial charge on any atom is -0.459 e. The molecule has 0 rings (SSSR count). The highest BCUT2D eigenvalue weighted by Gasteiger charge is 2.16. The van der Waals surface area contributed by atoms with E-state index < -0.39 is 5.60 Å². The molecule has 0 unspecified atom stereocenters. The van der Waals surface area contributed by atoms with Crippen molar-refractivity contribution in [1.82, 2.24) is 0 Å². The quantitative estimate of drug-likeness (QED) is 0.662. The first-order chi connectivity index (χ1) is 6.35. The minimum atomic E-state index is -0.438. The molecule has 14 heavy (non-hydrogen) atoms. The zero-order valence-corrected chi connectivity index (χ0v) is 10.1. The van der Waals surface area contributed by atoms with Crippen molar-refractivity contribution >= 4 is 23.5 Å². The number of hydrogen-bond donors (Lipinski definition) is 0. The van der Waals surface area contributed by atoms with Gasteiger partial charge in [-0.3, -0.25) is 9.59 Å². The van der Waals surface area contributed by atoms with Crippen molar-refractivity contribution in [3.8, 4) is 0 Å². The summed E-state index contributed by atoms with van der Waals surface area (Å²) >= 11 is 1.31. The van der Waals surface area contributed by atoms with E-state index in [0.29, 0.717) is 12.2 Å². The summed E-state index contributed by atoms with van der Waals surface area (Å²) in [5.74, 6) is 0.559. The molecule has 82 valence electrons. The van der Waals surface area contributed by atoms with Crippen LogP contribution in [0.25, 0.3) is 0 Å². The maximum atomic E-state index is 11.2. The molecule has 3 nitrogen and oxygen atoms in total. The number of rotatable bonds is 5. The maximum Gasteiger partial charge on any atom is 0.316 e. The first kappa shape index (κ1) is 13.5. The number of hydrogen-bond acceptors (Lipinski definition) is 4. The standard InChI is InChI=1S/C10H18O3S/c1-5-8(11)6-14-7-9(12)13-10(2,3)4/h5-7H2,1-4H3. The molecule has 0 spiro atoms. The van der Waals surface area contributed by atoms with E-state index in [2.05, 4.69) is 0 Å². The van der Waals surface area contributed by atoms with Gasteiger partial charge in [0.05, 0.1) is 11.5 Å². The third-order valence-electron chi connectivity index (χ3n) is 1.30. The van der Waals surface area contributed by atoms with Crippen LogP contribution in [-0.2, 0) is 14.3 Å². The number of Topliss-reactive ketones (excluding diaryl/α,β-unsaturated/α-hetero) is 1. The molecule has 4 heteroatoms. The number of carbonyl (C=O) groups is 2. The molecule has 0 aromatic carbocycles. The largest absolute Gasteiger partial charge is 0.459 e. The summed E-state index contributed by atoms with van der Waals surface area (Å²) in [5.41, 5.74) is -0.438. The fraction of sp³-hybridized carbons (Fsp3) is 0.800. The Balaban J connectivity index is 3.60. The van der Waals surface area contributed by atoms with Crippen LogP contribution in [0.3, 0.4) is 0 Å². The van der Waals surface area contributed by atoms with E-state index >= 15 is 0 Å². The van der Waals surface area contributed by atoms with Crippen LogP contribution in [0.5, 0.6) is 0 Å². The van der Waals surface area contributed by atoms with Crippen LogP contribution >= 0.6 is 11.8 Å². The van der Waals surface area contributed by atoms with Gasteiger partial charge in [-0.25, -0.2) is 0 Å². The van der Waals surface area contributed by atoms with Gasteiger partial charge in [-0.15, -0.1) is 11.8 Å². The van der Waals surface area contributed by atoms with Crippen molar-refractivity contribution in [3.05, 3.63) is 0 Å². The van der Waals surface area contributed by atoms with Crippen molar-refractivity contribution in [2.75, 3.05) is 11.5 Å². The molecule has 0 radical (unpaired) electrons. The Morgan fingerprint density at radius 3 is 2.21 bits per heavy atom. The van der Waals surface area contributed by atoms with Gasteiger partial charge >= 0.3 is 5.97 Å². The predicted octanol–water partition coefficient (Wildman–Crippen LogP) is 2.04. The molecule has 0 aliphatic heterocycles. The molecule has 0 fully saturated rings. The molecular weight excluding hydrogens is 200 g/mol. The summed E-state index contributed by atoms with van der Waals surface area (Å²) in [6.07, 6.45) is 0.529. The van der Waals surface area contributed by atoms with Gasteiger partial charge in [0.15, 0.2) is 0 Å². The first-order valence-corrected chi connectivity index (χ1v) is 5.82. The average Bonchev–Trinajstić information content (AvgIpc) is 2.00. The summed E-state index contributed by atoms with van der Waals surface area (Å²) in [6, 6.07) is 0. The van der Waals surface area contributed by atoms with Crippen LogP contribution in [0.15, 0.2) is 0 Å².